The highest BCUT2D eigenvalue weighted by Gasteiger charge is 2.07. The minimum Gasteiger partial charge on any atom is -0.495 e. The van der Waals surface area contributed by atoms with Crippen LogP contribution in [0, 0.1) is 13.8 Å². The Balaban J connectivity index is 1.87. The fraction of sp³-hybridized carbons (Fsp3) is 0.158. The molecule has 0 unspecified atom stereocenters. The summed E-state index contributed by atoms with van der Waals surface area (Å²) >= 11 is 3.58. The van der Waals surface area contributed by atoms with E-state index in [0.29, 0.717) is 11.6 Å². The summed E-state index contributed by atoms with van der Waals surface area (Å²) in [5, 5.41) is 6.61. The average molecular weight is 399 g/mol. The second-order valence-corrected chi connectivity index (χ2v) is 6.47. The standard InChI is InChI=1S/C19H19BrN4O/c1-12-8-9-15(14(20)10-12)23-18-11-19(22-13(2)21-18)24-16-6-4-5-7-17(16)25-3/h4-11H,1-3H3,(H2,21,22,23,24). The first-order valence-electron chi connectivity index (χ1n) is 7.84. The predicted octanol–water partition coefficient (Wildman–Crippen LogP) is 5.35. The second kappa shape index (κ2) is 7.53. The lowest BCUT2D eigenvalue weighted by atomic mass is 10.2. The van der Waals surface area contributed by atoms with Gasteiger partial charge < -0.3 is 15.4 Å². The van der Waals surface area contributed by atoms with Crippen molar-refractivity contribution in [3.8, 4) is 5.75 Å². The summed E-state index contributed by atoms with van der Waals surface area (Å²) in [6.45, 7) is 3.92. The molecule has 0 bridgehead atoms. The number of hydrogen-bond acceptors (Lipinski definition) is 5. The molecule has 0 radical (unpaired) electrons. The number of halogens is 1. The molecule has 0 atom stereocenters. The summed E-state index contributed by atoms with van der Waals surface area (Å²) in [4.78, 5) is 8.92. The van der Waals surface area contributed by atoms with Crippen molar-refractivity contribution in [3.05, 3.63) is 64.4 Å². The van der Waals surface area contributed by atoms with Gasteiger partial charge in [0.25, 0.3) is 0 Å². The molecule has 0 amide bonds. The predicted molar refractivity (Wildman–Crippen MR) is 105 cm³/mol. The highest BCUT2D eigenvalue weighted by molar-refractivity contribution is 9.10. The summed E-state index contributed by atoms with van der Waals surface area (Å²) in [6.07, 6.45) is 0. The molecule has 25 heavy (non-hydrogen) atoms. The van der Waals surface area contributed by atoms with Gasteiger partial charge in [-0.2, -0.15) is 0 Å². The van der Waals surface area contributed by atoms with Crippen LogP contribution in [0.3, 0.4) is 0 Å². The third-order valence-corrected chi connectivity index (χ3v) is 4.25. The van der Waals surface area contributed by atoms with Crippen LogP contribution in [0.15, 0.2) is 53.0 Å². The molecular formula is C19H19BrN4O. The Labute approximate surface area is 155 Å². The van der Waals surface area contributed by atoms with E-state index in [4.69, 9.17) is 4.74 Å². The molecule has 0 spiro atoms. The molecule has 3 rings (SSSR count). The van der Waals surface area contributed by atoms with Gasteiger partial charge in [-0.15, -0.1) is 0 Å². The Kier molecular flexibility index (Phi) is 5.19. The monoisotopic (exact) mass is 398 g/mol. The topological polar surface area (TPSA) is 59.1 Å². The molecule has 2 aromatic carbocycles. The Bertz CT molecular complexity index is 898. The van der Waals surface area contributed by atoms with Gasteiger partial charge >= 0.3 is 0 Å². The van der Waals surface area contributed by atoms with Crippen LogP contribution in [0.25, 0.3) is 0 Å². The zero-order valence-electron chi connectivity index (χ0n) is 14.3. The molecule has 0 saturated heterocycles. The smallest absolute Gasteiger partial charge is 0.142 e. The van der Waals surface area contributed by atoms with Gasteiger partial charge in [0, 0.05) is 10.5 Å². The average Bonchev–Trinajstić information content (AvgIpc) is 2.57. The van der Waals surface area contributed by atoms with Crippen molar-refractivity contribution >= 4 is 38.9 Å². The molecule has 1 aromatic heterocycles. The van der Waals surface area contributed by atoms with Gasteiger partial charge in [0.05, 0.1) is 18.5 Å². The van der Waals surface area contributed by atoms with Gasteiger partial charge in [-0.3, -0.25) is 0 Å². The number of aromatic nitrogens is 2. The van der Waals surface area contributed by atoms with E-state index >= 15 is 0 Å². The fourth-order valence-corrected chi connectivity index (χ4v) is 3.03. The second-order valence-electron chi connectivity index (χ2n) is 5.62. The number of anilines is 4. The molecule has 0 saturated carbocycles. The minimum atomic E-state index is 0.672. The Hall–Kier alpha value is -2.60. The van der Waals surface area contributed by atoms with Crippen molar-refractivity contribution in [2.45, 2.75) is 13.8 Å². The third-order valence-electron chi connectivity index (χ3n) is 3.59. The third kappa shape index (κ3) is 4.28. The summed E-state index contributed by atoms with van der Waals surface area (Å²) in [6, 6.07) is 15.7. The maximum Gasteiger partial charge on any atom is 0.142 e. The van der Waals surface area contributed by atoms with Crippen LogP contribution in [0.2, 0.25) is 0 Å². The van der Waals surface area contributed by atoms with Gasteiger partial charge in [0.15, 0.2) is 0 Å². The Morgan fingerprint density at radius 2 is 1.56 bits per heavy atom. The summed E-state index contributed by atoms with van der Waals surface area (Å²) in [7, 11) is 1.65. The van der Waals surface area contributed by atoms with Gasteiger partial charge in [-0.25, -0.2) is 9.97 Å². The van der Waals surface area contributed by atoms with Gasteiger partial charge in [-0.05, 0) is 59.6 Å². The van der Waals surface area contributed by atoms with E-state index < -0.39 is 0 Å². The number of methoxy groups -OCH3 is 1. The molecule has 5 nitrogen and oxygen atoms in total. The number of aryl methyl sites for hydroxylation is 2. The number of para-hydroxylation sites is 2. The van der Waals surface area contributed by atoms with Gasteiger partial charge in [0.1, 0.15) is 23.2 Å². The lowest BCUT2D eigenvalue weighted by Crippen LogP contribution is -2.02. The molecule has 128 valence electrons. The van der Waals surface area contributed by atoms with E-state index in [2.05, 4.69) is 55.6 Å². The summed E-state index contributed by atoms with van der Waals surface area (Å²) in [5.41, 5.74) is 2.99. The van der Waals surface area contributed by atoms with Crippen molar-refractivity contribution in [1.29, 1.82) is 0 Å². The van der Waals surface area contributed by atoms with E-state index in [-0.39, 0.29) is 0 Å². The van der Waals surface area contributed by atoms with E-state index in [9.17, 15) is 0 Å². The molecular weight excluding hydrogens is 380 g/mol. The summed E-state index contributed by atoms with van der Waals surface area (Å²) in [5.74, 6) is 2.84. The largest absolute Gasteiger partial charge is 0.495 e. The highest BCUT2D eigenvalue weighted by Crippen LogP contribution is 2.29. The zero-order chi connectivity index (χ0) is 17.8. The maximum atomic E-state index is 5.37. The molecule has 0 fully saturated rings. The maximum absolute atomic E-state index is 5.37. The number of nitrogens with one attached hydrogen (secondary N) is 2. The fourth-order valence-electron chi connectivity index (χ4n) is 2.44. The Morgan fingerprint density at radius 1 is 0.880 bits per heavy atom. The van der Waals surface area contributed by atoms with Gasteiger partial charge in [-0.1, -0.05) is 18.2 Å². The molecule has 6 heteroatoms. The Morgan fingerprint density at radius 3 is 2.24 bits per heavy atom. The number of benzene rings is 2. The van der Waals surface area contributed by atoms with Crippen LogP contribution >= 0.6 is 15.9 Å². The lowest BCUT2D eigenvalue weighted by molar-refractivity contribution is 0.417. The van der Waals surface area contributed by atoms with Crippen LogP contribution in [-0.2, 0) is 0 Å². The SMILES string of the molecule is COc1ccccc1Nc1cc(Nc2ccc(C)cc2Br)nc(C)n1. The van der Waals surface area contributed by atoms with Crippen LogP contribution in [0.5, 0.6) is 5.75 Å². The molecule has 0 aliphatic rings. The van der Waals surface area contributed by atoms with Crippen molar-refractivity contribution in [1.82, 2.24) is 9.97 Å². The molecule has 0 aliphatic heterocycles. The number of hydrogen-bond donors (Lipinski definition) is 2. The van der Waals surface area contributed by atoms with Crippen LogP contribution < -0.4 is 15.4 Å². The van der Waals surface area contributed by atoms with Crippen molar-refractivity contribution < 1.29 is 4.74 Å². The molecule has 1 heterocycles. The van der Waals surface area contributed by atoms with Crippen LogP contribution in [-0.4, -0.2) is 17.1 Å². The van der Waals surface area contributed by atoms with Crippen LogP contribution in [0.1, 0.15) is 11.4 Å². The van der Waals surface area contributed by atoms with Crippen molar-refractivity contribution in [2.75, 3.05) is 17.7 Å². The first kappa shape index (κ1) is 17.2. The quantitative estimate of drug-likeness (QED) is 0.606. The van der Waals surface area contributed by atoms with E-state index in [1.807, 2.05) is 43.3 Å². The molecule has 2 N–H and O–H groups in total. The van der Waals surface area contributed by atoms with E-state index in [1.165, 1.54) is 5.56 Å². The lowest BCUT2D eigenvalue weighted by Gasteiger charge is -2.13. The minimum absolute atomic E-state index is 0.672. The number of ether oxygens (including phenoxy) is 1. The van der Waals surface area contributed by atoms with Crippen molar-refractivity contribution in [2.24, 2.45) is 0 Å². The first-order valence-corrected chi connectivity index (χ1v) is 8.63. The molecule has 3 aromatic rings. The van der Waals surface area contributed by atoms with E-state index in [0.717, 1.165) is 27.4 Å². The highest BCUT2D eigenvalue weighted by atomic mass is 79.9. The van der Waals surface area contributed by atoms with Crippen molar-refractivity contribution in [3.63, 3.8) is 0 Å². The van der Waals surface area contributed by atoms with Crippen LogP contribution in [0.4, 0.5) is 23.0 Å². The normalized spacial score (nSPS) is 10.4. The van der Waals surface area contributed by atoms with Gasteiger partial charge in [0.2, 0.25) is 0 Å². The first-order chi connectivity index (χ1) is 12.0. The number of nitrogens with zero attached hydrogens (tertiary/aromatic N) is 2. The summed E-state index contributed by atoms with van der Waals surface area (Å²) < 4.78 is 6.36. The van der Waals surface area contributed by atoms with E-state index in [1.54, 1.807) is 7.11 Å². The zero-order valence-corrected chi connectivity index (χ0v) is 15.9. The molecule has 0 aliphatic carbocycles. The number of rotatable bonds is 5.